The first-order valence-electron chi connectivity index (χ1n) is 8.66. The van der Waals surface area contributed by atoms with Crippen LogP contribution >= 0.6 is 0 Å². The molecule has 1 N–H and O–H groups in total. The highest BCUT2D eigenvalue weighted by atomic mass is 16.2. The number of hydrogen-bond acceptors (Lipinski definition) is 2. The van der Waals surface area contributed by atoms with Crippen LogP contribution in [0, 0.1) is 11.8 Å². The van der Waals surface area contributed by atoms with Crippen molar-refractivity contribution < 1.29 is 4.79 Å². The first-order valence-corrected chi connectivity index (χ1v) is 8.66. The van der Waals surface area contributed by atoms with E-state index >= 15 is 0 Å². The van der Waals surface area contributed by atoms with Crippen molar-refractivity contribution >= 4 is 5.91 Å². The SMILES string of the molecule is CCC1CCCCN1C(=O)CNC1CCCC(C)C1C. The number of nitrogens with one attached hydrogen (secondary N) is 1. The molecule has 116 valence electrons. The molecule has 1 amide bonds. The maximum atomic E-state index is 12.5. The van der Waals surface area contributed by atoms with Crippen LogP contribution in [-0.4, -0.2) is 36.0 Å². The summed E-state index contributed by atoms with van der Waals surface area (Å²) in [5.74, 6) is 1.80. The Morgan fingerprint density at radius 1 is 1.15 bits per heavy atom. The first kappa shape index (κ1) is 15.8. The Kier molecular flexibility index (Phi) is 5.88. The van der Waals surface area contributed by atoms with Crippen LogP contribution in [0.2, 0.25) is 0 Å². The molecule has 1 aliphatic carbocycles. The maximum absolute atomic E-state index is 12.5. The third-order valence-corrected chi connectivity index (χ3v) is 5.64. The van der Waals surface area contributed by atoms with Gasteiger partial charge in [0, 0.05) is 18.6 Å². The standard InChI is InChI=1S/C17H32N2O/c1-4-15-9-5-6-11-19(15)17(20)12-18-16-10-7-8-13(2)14(16)3/h13-16,18H,4-12H2,1-3H3. The number of rotatable bonds is 4. The van der Waals surface area contributed by atoms with Gasteiger partial charge in [0.2, 0.25) is 5.91 Å². The molecule has 0 aromatic rings. The molecule has 2 fully saturated rings. The van der Waals surface area contributed by atoms with Gasteiger partial charge in [-0.15, -0.1) is 0 Å². The lowest BCUT2D eigenvalue weighted by Crippen LogP contribution is -2.50. The predicted molar refractivity (Wildman–Crippen MR) is 83.6 cm³/mol. The van der Waals surface area contributed by atoms with Crippen LogP contribution in [0.4, 0.5) is 0 Å². The molecule has 1 saturated heterocycles. The van der Waals surface area contributed by atoms with Gasteiger partial charge in [0.25, 0.3) is 0 Å². The van der Waals surface area contributed by atoms with E-state index in [1.165, 1.54) is 38.5 Å². The molecular weight excluding hydrogens is 248 g/mol. The zero-order chi connectivity index (χ0) is 14.5. The molecular formula is C17H32N2O. The van der Waals surface area contributed by atoms with E-state index in [1.54, 1.807) is 0 Å². The third kappa shape index (κ3) is 3.75. The van der Waals surface area contributed by atoms with Crippen LogP contribution < -0.4 is 5.32 Å². The Balaban J connectivity index is 1.81. The Labute approximate surface area is 124 Å². The monoisotopic (exact) mass is 280 g/mol. The summed E-state index contributed by atoms with van der Waals surface area (Å²) in [5, 5.41) is 3.55. The minimum absolute atomic E-state index is 0.321. The summed E-state index contributed by atoms with van der Waals surface area (Å²) in [5.41, 5.74) is 0. The average molecular weight is 280 g/mol. The van der Waals surface area contributed by atoms with E-state index in [1.807, 2.05) is 0 Å². The number of hydrogen-bond donors (Lipinski definition) is 1. The summed E-state index contributed by atoms with van der Waals surface area (Å²) in [6.45, 7) is 8.39. The minimum Gasteiger partial charge on any atom is -0.339 e. The highest BCUT2D eigenvalue weighted by Crippen LogP contribution is 2.29. The first-order chi connectivity index (χ1) is 9.63. The number of carbonyl (C=O) groups excluding carboxylic acids is 1. The second kappa shape index (κ2) is 7.44. The van der Waals surface area contributed by atoms with Gasteiger partial charge in [-0.2, -0.15) is 0 Å². The van der Waals surface area contributed by atoms with Crippen LogP contribution in [0.5, 0.6) is 0 Å². The summed E-state index contributed by atoms with van der Waals surface area (Å²) in [7, 11) is 0. The fourth-order valence-corrected chi connectivity index (χ4v) is 3.94. The largest absolute Gasteiger partial charge is 0.339 e. The van der Waals surface area contributed by atoms with E-state index in [9.17, 15) is 4.79 Å². The van der Waals surface area contributed by atoms with Gasteiger partial charge in [-0.25, -0.2) is 0 Å². The van der Waals surface area contributed by atoms with Crippen molar-refractivity contribution in [3.8, 4) is 0 Å². The van der Waals surface area contributed by atoms with E-state index < -0.39 is 0 Å². The van der Waals surface area contributed by atoms with Crippen molar-refractivity contribution in [1.29, 1.82) is 0 Å². The lowest BCUT2D eigenvalue weighted by Gasteiger charge is -2.37. The van der Waals surface area contributed by atoms with Crippen molar-refractivity contribution in [2.75, 3.05) is 13.1 Å². The number of likely N-dealkylation sites (tertiary alicyclic amines) is 1. The van der Waals surface area contributed by atoms with Gasteiger partial charge in [-0.3, -0.25) is 4.79 Å². The Bertz CT molecular complexity index is 318. The third-order valence-electron chi connectivity index (χ3n) is 5.64. The van der Waals surface area contributed by atoms with Crippen LogP contribution in [0.1, 0.15) is 65.7 Å². The van der Waals surface area contributed by atoms with Gasteiger partial charge < -0.3 is 10.2 Å². The molecule has 4 atom stereocenters. The summed E-state index contributed by atoms with van der Waals surface area (Å²) in [4.78, 5) is 14.6. The fourth-order valence-electron chi connectivity index (χ4n) is 3.94. The van der Waals surface area contributed by atoms with Gasteiger partial charge in [0.1, 0.15) is 0 Å². The van der Waals surface area contributed by atoms with E-state index in [0.717, 1.165) is 18.9 Å². The topological polar surface area (TPSA) is 32.3 Å². The average Bonchev–Trinajstić information content (AvgIpc) is 2.48. The molecule has 1 saturated carbocycles. The van der Waals surface area contributed by atoms with Crippen molar-refractivity contribution in [3.05, 3.63) is 0 Å². The normalized spacial score (nSPS) is 35.0. The van der Waals surface area contributed by atoms with E-state index in [4.69, 9.17) is 0 Å². The van der Waals surface area contributed by atoms with Crippen molar-refractivity contribution in [3.63, 3.8) is 0 Å². The Morgan fingerprint density at radius 3 is 2.70 bits per heavy atom. The number of nitrogens with zero attached hydrogens (tertiary/aromatic N) is 1. The molecule has 0 bridgehead atoms. The summed E-state index contributed by atoms with van der Waals surface area (Å²) >= 11 is 0. The molecule has 0 aromatic carbocycles. The smallest absolute Gasteiger partial charge is 0.236 e. The van der Waals surface area contributed by atoms with Gasteiger partial charge >= 0.3 is 0 Å². The van der Waals surface area contributed by atoms with Gasteiger partial charge in [-0.1, -0.05) is 33.6 Å². The van der Waals surface area contributed by atoms with Crippen LogP contribution in [-0.2, 0) is 4.79 Å². The van der Waals surface area contributed by atoms with Gasteiger partial charge in [-0.05, 0) is 43.9 Å². The molecule has 3 heteroatoms. The Hall–Kier alpha value is -0.570. The van der Waals surface area contributed by atoms with Crippen LogP contribution in [0.15, 0.2) is 0 Å². The number of piperidine rings is 1. The van der Waals surface area contributed by atoms with Gasteiger partial charge in [0.15, 0.2) is 0 Å². The van der Waals surface area contributed by atoms with Crippen LogP contribution in [0.3, 0.4) is 0 Å². The van der Waals surface area contributed by atoms with Crippen molar-refractivity contribution in [2.45, 2.75) is 77.8 Å². The molecule has 2 rings (SSSR count). The summed E-state index contributed by atoms with van der Waals surface area (Å²) in [6, 6.07) is 1.02. The van der Waals surface area contributed by atoms with Gasteiger partial charge in [0.05, 0.1) is 6.54 Å². The highest BCUT2D eigenvalue weighted by molar-refractivity contribution is 5.78. The lowest BCUT2D eigenvalue weighted by molar-refractivity contribution is -0.134. The Morgan fingerprint density at radius 2 is 1.95 bits per heavy atom. The molecule has 0 aromatic heterocycles. The molecule has 3 nitrogen and oxygen atoms in total. The van der Waals surface area contributed by atoms with Crippen molar-refractivity contribution in [2.24, 2.45) is 11.8 Å². The number of carbonyl (C=O) groups is 1. The second-order valence-corrected chi connectivity index (χ2v) is 6.90. The van der Waals surface area contributed by atoms with E-state index in [0.29, 0.717) is 30.5 Å². The molecule has 1 heterocycles. The quantitative estimate of drug-likeness (QED) is 0.857. The summed E-state index contributed by atoms with van der Waals surface area (Å²) in [6.07, 6.45) is 8.64. The molecule has 0 spiro atoms. The summed E-state index contributed by atoms with van der Waals surface area (Å²) < 4.78 is 0. The minimum atomic E-state index is 0.321. The molecule has 20 heavy (non-hydrogen) atoms. The molecule has 4 unspecified atom stereocenters. The van der Waals surface area contributed by atoms with Crippen LogP contribution in [0.25, 0.3) is 0 Å². The van der Waals surface area contributed by atoms with Crippen molar-refractivity contribution in [1.82, 2.24) is 10.2 Å². The highest BCUT2D eigenvalue weighted by Gasteiger charge is 2.29. The zero-order valence-electron chi connectivity index (χ0n) is 13.5. The zero-order valence-corrected chi connectivity index (χ0v) is 13.5. The molecule has 2 aliphatic rings. The fraction of sp³-hybridized carbons (Fsp3) is 0.941. The van der Waals surface area contributed by atoms with E-state index in [-0.39, 0.29) is 0 Å². The molecule has 0 radical (unpaired) electrons. The molecule has 1 aliphatic heterocycles. The second-order valence-electron chi connectivity index (χ2n) is 6.90. The number of amides is 1. The maximum Gasteiger partial charge on any atom is 0.236 e. The predicted octanol–water partition coefficient (Wildman–Crippen LogP) is 3.19. The van der Waals surface area contributed by atoms with E-state index in [2.05, 4.69) is 31.0 Å². The lowest BCUT2D eigenvalue weighted by atomic mass is 9.78.